The standard InChI is InChI=1S/C10H20O2/c1-8(11)7-9-3-5-10(2,12)6-4-9/h8-9,11-12H,3-7H2,1-2H3. The van der Waals surface area contributed by atoms with Gasteiger partial charge in [0.25, 0.3) is 0 Å². The Morgan fingerprint density at radius 3 is 2.33 bits per heavy atom. The van der Waals surface area contributed by atoms with E-state index in [1.54, 1.807) is 0 Å². The first-order valence-corrected chi connectivity index (χ1v) is 4.90. The van der Waals surface area contributed by atoms with Crippen LogP contribution in [0.4, 0.5) is 0 Å². The van der Waals surface area contributed by atoms with Crippen molar-refractivity contribution in [1.29, 1.82) is 0 Å². The molecule has 0 heterocycles. The van der Waals surface area contributed by atoms with E-state index in [-0.39, 0.29) is 6.10 Å². The average Bonchev–Trinajstić information content (AvgIpc) is 1.93. The van der Waals surface area contributed by atoms with Crippen molar-refractivity contribution >= 4 is 0 Å². The highest BCUT2D eigenvalue weighted by atomic mass is 16.3. The molecule has 0 aliphatic heterocycles. The molecule has 0 aromatic carbocycles. The summed E-state index contributed by atoms with van der Waals surface area (Å²) in [6.07, 6.45) is 4.64. The van der Waals surface area contributed by atoms with E-state index in [4.69, 9.17) is 0 Å². The van der Waals surface area contributed by atoms with Gasteiger partial charge in [0.05, 0.1) is 11.7 Å². The molecule has 0 saturated heterocycles. The van der Waals surface area contributed by atoms with Crippen LogP contribution >= 0.6 is 0 Å². The van der Waals surface area contributed by atoms with Crippen LogP contribution in [0.1, 0.15) is 46.0 Å². The predicted molar refractivity (Wildman–Crippen MR) is 48.9 cm³/mol. The molecule has 0 spiro atoms. The molecule has 72 valence electrons. The fourth-order valence-electron chi connectivity index (χ4n) is 2.02. The summed E-state index contributed by atoms with van der Waals surface area (Å²) in [7, 11) is 0. The van der Waals surface area contributed by atoms with Crippen molar-refractivity contribution in [1.82, 2.24) is 0 Å². The Kier molecular flexibility index (Phi) is 3.13. The van der Waals surface area contributed by atoms with Crippen LogP contribution in [0.3, 0.4) is 0 Å². The van der Waals surface area contributed by atoms with E-state index in [2.05, 4.69) is 0 Å². The first-order chi connectivity index (χ1) is 5.49. The fraction of sp³-hybridized carbons (Fsp3) is 1.00. The normalized spacial score (nSPS) is 39.5. The van der Waals surface area contributed by atoms with E-state index in [1.807, 2.05) is 13.8 Å². The molecular formula is C10H20O2. The highest BCUT2D eigenvalue weighted by molar-refractivity contribution is 4.81. The molecule has 0 aromatic rings. The Morgan fingerprint density at radius 1 is 1.42 bits per heavy atom. The number of aliphatic hydroxyl groups is 2. The van der Waals surface area contributed by atoms with Gasteiger partial charge < -0.3 is 10.2 Å². The number of aliphatic hydroxyl groups excluding tert-OH is 1. The topological polar surface area (TPSA) is 40.5 Å². The summed E-state index contributed by atoms with van der Waals surface area (Å²) in [4.78, 5) is 0. The average molecular weight is 172 g/mol. The minimum atomic E-state index is -0.435. The summed E-state index contributed by atoms with van der Waals surface area (Å²) in [6.45, 7) is 3.75. The summed E-state index contributed by atoms with van der Waals surface area (Å²) in [6, 6.07) is 0. The minimum absolute atomic E-state index is 0.182. The summed E-state index contributed by atoms with van der Waals surface area (Å²) in [5, 5.41) is 18.8. The molecule has 1 unspecified atom stereocenters. The van der Waals surface area contributed by atoms with Crippen molar-refractivity contribution < 1.29 is 10.2 Å². The smallest absolute Gasteiger partial charge is 0.0620 e. The number of hydrogen-bond acceptors (Lipinski definition) is 2. The molecule has 1 saturated carbocycles. The van der Waals surface area contributed by atoms with E-state index < -0.39 is 5.60 Å². The Hall–Kier alpha value is -0.0800. The summed E-state index contributed by atoms with van der Waals surface area (Å²) >= 11 is 0. The fourth-order valence-corrected chi connectivity index (χ4v) is 2.02. The van der Waals surface area contributed by atoms with Gasteiger partial charge in [-0.05, 0) is 51.9 Å². The number of rotatable bonds is 2. The maximum absolute atomic E-state index is 9.66. The van der Waals surface area contributed by atoms with E-state index >= 15 is 0 Å². The molecule has 0 radical (unpaired) electrons. The molecule has 0 bridgehead atoms. The van der Waals surface area contributed by atoms with E-state index in [1.165, 1.54) is 0 Å². The van der Waals surface area contributed by atoms with Gasteiger partial charge in [-0.25, -0.2) is 0 Å². The lowest BCUT2D eigenvalue weighted by Gasteiger charge is -2.33. The minimum Gasteiger partial charge on any atom is -0.393 e. The molecule has 0 aromatic heterocycles. The highest BCUT2D eigenvalue weighted by Gasteiger charge is 2.28. The Balaban J connectivity index is 2.27. The third-order valence-corrected chi connectivity index (χ3v) is 2.86. The van der Waals surface area contributed by atoms with Crippen LogP contribution in [0.5, 0.6) is 0 Å². The van der Waals surface area contributed by atoms with Crippen LogP contribution in [-0.4, -0.2) is 21.9 Å². The Morgan fingerprint density at radius 2 is 1.92 bits per heavy atom. The molecule has 1 fully saturated rings. The molecule has 12 heavy (non-hydrogen) atoms. The van der Waals surface area contributed by atoms with Crippen LogP contribution in [0.2, 0.25) is 0 Å². The Labute approximate surface area is 74.6 Å². The summed E-state index contributed by atoms with van der Waals surface area (Å²) in [5.74, 6) is 0.630. The second kappa shape index (κ2) is 3.75. The van der Waals surface area contributed by atoms with Crippen LogP contribution in [0, 0.1) is 5.92 Å². The Bertz CT molecular complexity index is 131. The van der Waals surface area contributed by atoms with Gasteiger partial charge in [-0.1, -0.05) is 0 Å². The predicted octanol–water partition coefficient (Wildman–Crippen LogP) is 1.70. The molecule has 1 aliphatic rings. The van der Waals surface area contributed by atoms with Gasteiger partial charge >= 0.3 is 0 Å². The van der Waals surface area contributed by atoms with Crippen LogP contribution < -0.4 is 0 Å². The van der Waals surface area contributed by atoms with Gasteiger partial charge in [-0.15, -0.1) is 0 Å². The molecule has 1 atom stereocenters. The SMILES string of the molecule is CC(O)CC1CCC(C)(O)CC1. The van der Waals surface area contributed by atoms with Crippen LogP contribution in [-0.2, 0) is 0 Å². The lowest BCUT2D eigenvalue weighted by atomic mass is 9.78. The zero-order valence-corrected chi connectivity index (χ0v) is 8.08. The molecule has 2 heteroatoms. The quantitative estimate of drug-likeness (QED) is 0.665. The van der Waals surface area contributed by atoms with Crippen molar-refractivity contribution in [3.8, 4) is 0 Å². The highest BCUT2D eigenvalue weighted by Crippen LogP contribution is 2.33. The van der Waals surface area contributed by atoms with Crippen LogP contribution in [0.25, 0.3) is 0 Å². The third kappa shape index (κ3) is 3.11. The van der Waals surface area contributed by atoms with Gasteiger partial charge in [-0.3, -0.25) is 0 Å². The monoisotopic (exact) mass is 172 g/mol. The van der Waals surface area contributed by atoms with Gasteiger partial charge in [0, 0.05) is 0 Å². The van der Waals surface area contributed by atoms with E-state index in [0.717, 1.165) is 32.1 Å². The summed E-state index contributed by atoms with van der Waals surface area (Å²) < 4.78 is 0. The maximum atomic E-state index is 9.66. The van der Waals surface area contributed by atoms with Crippen molar-refractivity contribution in [3.05, 3.63) is 0 Å². The molecule has 2 N–H and O–H groups in total. The van der Waals surface area contributed by atoms with E-state index in [0.29, 0.717) is 5.92 Å². The van der Waals surface area contributed by atoms with Crippen molar-refractivity contribution in [2.75, 3.05) is 0 Å². The third-order valence-electron chi connectivity index (χ3n) is 2.86. The number of hydrogen-bond donors (Lipinski definition) is 2. The van der Waals surface area contributed by atoms with E-state index in [9.17, 15) is 10.2 Å². The van der Waals surface area contributed by atoms with Gasteiger partial charge in [0.1, 0.15) is 0 Å². The molecule has 2 nitrogen and oxygen atoms in total. The zero-order chi connectivity index (χ0) is 9.19. The second-order valence-electron chi connectivity index (χ2n) is 4.53. The van der Waals surface area contributed by atoms with Gasteiger partial charge in [0.15, 0.2) is 0 Å². The maximum Gasteiger partial charge on any atom is 0.0620 e. The van der Waals surface area contributed by atoms with Crippen molar-refractivity contribution in [2.24, 2.45) is 5.92 Å². The lowest BCUT2D eigenvalue weighted by molar-refractivity contribution is 0.000897. The largest absolute Gasteiger partial charge is 0.393 e. The van der Waals surface area contributed by atoms with Crippen LogP contribution in [0.15, 0.2) is 0 Å². The lowest BCUT2D eigenvalue weighted by Crippen LogP contribution is -2.31. The molecule has 1 rings (SSSR count). The molecular weight excluding hydrogens is 152 g/mol. The molecule has 1 aliphatic carbocycles. The summed E-state index contributed by atoms with van der Waals surface area (Å²) in [5.41, 5.74) is -0.435. The van der Waals surface area contributed by atoms with Gasteiger partial charge in [0.2, 0.25) is 0 Å². The zero-order valence-electron chi connectivity index (χ0n) is 8.08. The first kappa shape index (κ1) is 10.0. The first-order valence-electron chi connectivity index (χ1n) is 4.90. The second-order valence-corrected chi connectivity index (χ2v) is 4.53. The van der Waals surface area contributed by atoms with Gasteiger partial charge in [-0.2, -0.15) is 0 Å². The van der Waals surface area contributed by atoms with Crippen molar-refractivity contribution in [2.45, 2.75) is 57.7 Å². The van der Waals surface area contributed by atoms with Crippen molar-refractivity contribution in [3.63, 3.8) is 0 Å². The molecule has 0 amide bonds.